The number of rotatable bonds is 6. The normalized spacial score (nSPS) is 26.2. The first kappa shape index (κ1) is 16.8. The zero-order valence-corrected chi connectivity index (χ0v) is 14.2. The molecular weight excluding hydrogens is 282 g/mol. The third-order valence-electron chi connectivity index (χ3n) is 4.84. The standard InChI is InChI=1S/C18H28ClNO/c1-14(2)16-8-10-18(11-9-16,13-20-3)21-12-15-4-6-17(19)7-5-15/h4-7,14,16,20H,8-13H2,1-3H3. The molecule has 2 rings (SSSR count). The van der Waals surface area contributed by atoms with E-state index in [1.165, 1.54) is 18.4 Å². The smallest absolute Gasteiger partial charge is 0.0810 e. The highest BCUT2D eigenvalue weighted by atomic mass is 35.5. The fourth-order valence-corrected chi connectivity index (χ4v) is 3.47. The Balaban J connectivity index is 1.94. The number of likely N-dealkylation sites (N-methyl/N-ethyl adjacent to an activating group) is 1. The second kappa shape index (κ2) is 7.62. The predicted molar refractivity (Wildman–Crippen MR) is 89.7 cm³/mol. The Hall–Kier alpha value is -0.570. The number of hydrogen-bond acceptors (Lipinski definition) is 2. The summed E-state index contributed by atoms with van der Waals surface area (Å²) in [7, 11) is 2.02. The summed E-state index contributed by atoms with van der Waals surface area (Å²) >= 11 is 5.93. The molecule has 1 fully saturated rings. The van der Waals surface area contributed by atoms with Crippen molar-refractivity contribution in [1.29, 1.82) is 0 Å². The van der Waals surface area contributed by atoms with Gasteiger partial charge in [0.25, 0.3) is 0 Å². The van der Waals surface area contributed by atoms with E-state index >= 15 is 0 Å². The van der Waals surface area contributed by atoms with Gasteiger partial charge in [0.05, 0.1) is 12.2 Å². The van der Waals surface area contributed by atoms with Gasteiger partial charge in [-0.05, 0) is 62.3 Å². The Morgan fingerprint density at radius 1 is 1.24 bits per heavy atom. The van der Waals surface area contributed by atoms with E-state index in [-0.39, 0.29) is 5.60 Å². The first-order valence-electron chi connectivity index (χ1n) is 8.08. The molecule has 0 unspecified atom stereocenters. The lowest BCUT2D eigenvalue weighted by Gasteiger charge is -2.41. The van der Waals surface area contributed by atoms with Crippen molar-refractivity contribution in [3.63, 3.8) is 0 Å². The number of ether oxygens (including phenoxy) is 1. The molecule has 0 spiro atoms. The molecule has 3 heteroatoms. The van der Waals surface area contributed by atoms with Crippen LogP contribution in [0.3, 0.4) is 0 Å². The summed E-state index contributed by atoms with van der Waals surface area (Å²) in [4.78, 5) is 0. The third kappa shape index (κ3) is 4.70. The summed E-state index contributed by atoms with van der Waals surface area (Å²) in [5, 5.41) is 4.10. The Morgan fingerprint density at radius 3 is 2.38 bits per heavy atom. The summed E-state index contributed by atoms with van der Waals surface area (Å²) in [5.41, 5.74) is 1.20. The molecular formula is C18H28ClNO. The monoisotopic (exact) mass is 309 g/mol. The second-order valence-electron chi connectivity index (χ2n) is 6.71. The molecule has 1 N–H and O–H groups in total. The average molecular weight is 310 g/mol. The maximum absolute atomic E-state index is 6.36. The van der Waals surface area contributed by atoms with E-state index < -0.39 is 0 Å². The molecule has 0 atom stereocenters. The van der Waals surface area contributed by atoms with Crippen molar-refractivity contribution in [3.05, 3.63) is 34.9 Å². The van der Waals surface area contributed by atoms with Gasteiger partial charge in [-0.3, -0.25) is 0 Å². The maximum Gasteiger partial charge on any atom is 0.0810 e. The first-order valence-corrected chi connectivity index (χ1v) is 8.45. The molecule has 21 heavy (non-hydrogen) atoms. The van der Waals surface area contributed by atoms with Gasteiger partial charge in [0.1, 0.15) is 0 Å². The number of halogens is 1. The van der Waals surface area contributed by atoms with Gasteiger partial charge >= 0.3 is 0 Å². The van der Waals surface area contributed by atoms with E-state index in [0.29, 0.717) is 6.61 Å². The van der Waals surface area contributed by atoms with Crippen molar-refractivity contribution in [3.8, 4) is 0 Å². The highest BCUT2D eigenvalue weighted by Crippen LogP contribution is 2.38. The van der Waals surface area contributed by atoms with E-state index in [1.807, 2.05) is 19.2 Å². The topological polar surface area (TPSA) is 21.3 Å². The highest BCUT2D eigenvalue weighted by Gasteiger charge is 2.36. The van der Waals surface area contributed by atoms with Crippen LogP contribution in [0.4, 0.5) is 0 Å². The Morgan fingerprint density at radius 2 is 1.86 bits per heavy atom. The van der Waals surface area contributed by atoms with Crippen LogP contribution in [0.25, 0.3) is 0 Å². The second-order valence-corrected chi connectivity index (χ2v) is 7.15. The van der Waals surface area contributed by atoms with Gasteiger partial charge in [-0.25, -0.2) is 0 Å². The third-order valence-corrected chi connectivity index (χ3v) is 5.09. The van der Waals surface area contributed by atoms with Crippen LogP contribution in [0, 0.1) is 11.8 Å². The maximum atomic E-state index is 6.36. The molecule has 0 bridgehead atoms. The molecule has 118 valence electrons. The molecule has 0 amide bonds. The highest BCUT2D eigenvalue weighted by molar-refractivity contribution is 6.30. The number of hydrogen-bond donors (Lipinski definition) is 1. The van der Waals surface area contributed by atoms with Crippen LogP contribution >= 0.6 is 11.6 Å². The molecule has 0 saturated heterocycles. The van der Waals surface area contributed by atoms with Crippen LogP contribution in [0.1, 0.15) is 45.1 Å². The molecule has 1 aromatic rings. The minimum atomic E-state index is -0.000222. The molecule has 1 aromatic carbocycles. The summed E-state index contributed by atoms with van der Waals surface area (Å²) in [6, 6.07) is 7.96. The van der Waals surface area contributed by atoms with Gasteiger partial charge < -0.3 is 10.1 Å². The molecule has 0 radical (unpaired) electrons. The van der Waals surface area contributed by atoms with Crippen molar-refractivity contribution in [1.82, 2.24) is 5.32 Å². The van der Waals surface area contributed by atoms with E-state index in [2.05, 4.69) is 31.3 Å². The van der Waals surface area contributed by atoms with Gasteiger partial charge in [0, 0.05) is 11.6 Å². The minimum absolute atomic E-state index is 0.000222. The molecule has 1 saturated carbocycles. The van der Waals surface area contributed by atoms with Gasteiger partial charge in [0.2, 0.25) is 0 Å². The van der Waals surface area contributed by atoms with Crippen LogP contribution in [0.15, 0.2) is 24.3 Å². The summed E-state index contributed by atoms with van der Waals surface area (Å²) in [6.45, 7) is 6.28. The van der Waals surface area contributed by atoms with Crippen molar-refractivity contribution in [2.24, 2.45) is 11.8 Å². The largest absolute Gasteiger partial charge is 0.369 e. The SMILES string of the molecule is CNCC1(OCc2ccc(Cl)cc2)CCC(C(C)C)CC1. The van der Waals surface area contributed by atoms with Crippen LogP contribution in [0.2, 0.25) is 5.02 Å². The molecule has 1 aliphatic rings. The lowest BCUT2D eigenvalue weighted by Crippen LogP contribution is -2.45. The minimum Gasteiger partial charge on any atom is -0.369 e. The number of benzene rings is 1. The predicted octanol–water partition coefficient (Wildman–Crippen LogP) is 4.66. The first-order chi connectivity index (χ1) is 10.0. The van der Waals surface area contributed by atoms with E-state index in [4.69, 9.17) is 16.3 Å². The summed E-state index contributed by atoms with van der Waals surface area (Å²) in [5.74, 6) is 1.64. The van der Waals surface area contributed by atoms with Crippen LogP contribution in [0.5, 0.6) is 0 Å². The van der Waals surface area contributed by atoms with Gasteiger partial charge in [-0.2, -0.15) is 0 Å². The molecule has 0 aliphatic heterocycles. The lowest BCUT2D eigenvalue weighted by atomic mass is 9.74. The molecule has 1 aliphatic carbocycles. The van der Waals surface area contributed by atoms with E-state index in [0.717, 1.165) is 36.2 Å². The van der Waals surface area contributed by atoms with Gasteiger partial charge in [0.15, 0.2) is 0 Å². The summed E-state index contributed by atoms with van der Waals surface area (Å²) < 4.78 is 6.36. The number of nitrogens with one attached hydrogen (secondary N) is 1. The van der Waals surface area contributed by atoms with E-state index in [9.17, 15) is 0 Å². The Labute approximate surface area is 134 Å². The zero-order valence-electron chi connectivity index (χ0n) is 13.5. The van der Waals surface area contributed by atoms with Crippen molar-refractivity contribution in [2.45, 2.75) is 51.7 Å². The van der Waals surface area contributed by atoms with Crippen LogP contribution in [-0.2, 0) is 11.3 Å². The Bertz CT molecular complexity index is 421. The van der Waals surface area contributed by atoms with E-state index in [1.54, 1.807) is 0 Å². The van der Waals surface area contributed by atoms with Crippen molar-refractivity contribution >= 4 is 11.6 Å². The zero-order chi connectivity index (χ0) is 15.3. The lowest BCUT2D eigenvalue weighted by molar-refractivity contribution is -0.0880. The van der Waals surface area contributed by atoms with Crippen molar-refractivity contribution in [2.75, 3.05) is 13.6 Å². The van der Waals surface area contributed by atoms with Crippen molar-refractivity contribution < 1.29 is 4.74 Å². The van der Waals surface area contributed by atoms with Gasteiger partial charge in [-0.1, -0.05) is 37.6 Å². The van der Waals surface area contributed by atoms with Gasteiger partial charge in [-0.15, -0.1) is 0 Å². The molecule has 2 nitrogen and oxygen atoms in total. The Kier molecular flexibility index (Phi) is 6.09. The quantitative estimate of drug-likeness (QED) is 0.825. The molecule has 0 heterocycles. The summed E-state index contributed by atoms with van der Waals surface area (Å²) in [6.07, 6.45) is 4.87. The molecule has 0 aromatic heterocycles. The fourth-order valence-electron chi connectivity index (χ4n) is 3.34. The fraction of sp³-hybridized carbons (Fsp3) is 0.667. The van der Waals surface area contributed by atoms with Crippen LogP contribution in [-0.4, -0.2) is 19.2 Å². The average Bonchev–Trinajstić information content (AvgIpc) is 2.48. The van der Waals surface area contributed by atoms with Crippen LogP contribution < -0.4 is 5.32 Å².